The summed E-state index contributed by atoms with van der Waals surface area (Å²) >= 11 is 3.43. The van der Waals surface area contributed by atoms with Gasteiger partial charge in [0.2, 0.25) is 0 Å². The van der Waals surface area contributed by atoms with E-state index in [2.05, 4.69) is 31.3 Å². The lowest BCUT2D eigenvalue weighted by Crippen LogP contribution is -2.23. The second kappa shape index (κ2) is 6.76. The van der Waals surface area contributed by atoms with Crippen molar-refractivity contribution in [3.05, 3.63) is 82.5 Å². The van der Waals surface area contributed by atoms with Crippen molar-refractivity contribution < 1.29 is 4.79 Å². The lowest BCUT2D eigenvalue weighted by Gasteiger charge is -2.03. The molecule has 0 atom stereocenters. The molecule has 0 spiro atoms. The number of halogens is 1. The molecule has 0 aliphatic carbocycles. The topological polar surface area (TPSA) is 64.2 Å². The minimum atomic E-state index is -0.221. The molecule has 0 aliphatic rings. The average molecular weight is 410 g/mol. The van der Waals surface area contributed by atoms with E-state index >= 15 is 0 Å². The zero-order valence-corrected chi connectivity index (χ0v) is 15.6. The molecule has 7 heteroatoms. The summed E-state index contributed by atoms with van der Waals surface area (Å²) in [5.41, 5.74) is 3.84. The number of hydrogen-bond donors (Lipinski definition) is 1. The molecule has 26 heavy (non-hydrogen) atoms. The summed E-state index contributed by atoms with van der Waals surface area (Å²) in [6, 6.07) is 15.4. The highest BCUT2D eigenvalue weighted by atomic mass is 79.9. The van der Waals surface area contributed by atoms with Crippen LogP contribution >= 0.6 is 15.9 Å². The SMILES string of the molecule is Cc1cc(C(=O)NCc2cn3cc(Br)ccc3n2)nn1-c1ccccc1. The van der Waals surface area contributed by atoms with Gasteiger partial charge in [-0.1, -0.05) is 18.2 Å². The second-order valence-corrected chi connectivity index (χ2v) is 6.86. The van der Waals surface area contributed by atoms with Crippen molar-refractivity contribution in [2.45, 2.75) is 13.5 Å². The molecule has 0 saturated carbocycles. The van der Waals surface area contributed by atoms with Crippen molar-refractivity contribution in [2.24, 2.45) is 0 Å². The number of rotatable bonds is 4. The molecule has 0 bridgehead atoms. The first kappa shape index (κ1) is 16.5. The van der Waals surface area contributed by atoms with Gasteiger partial charge in [-0.25, -0.2) is 9.67 Å². The number of hydrogen-bond acceptors (Lipinski definition) is 3. The van der Waals surface area contributed by atoms with Gasteiger partial charge in [-0.15, -0.1) is 0 Å². The number of benzene rings is 1. The van der Waals surface area contributed by atoms with Gasteiger partial charge in [-0.3, -0.25) is 4.79 Å². The van der Waals surface area contributed by atoms with Crippen LogP contribution in [0.3, 0.4) is 0 Å². The van der Waals surface area contributed by atoms with E-state index in [-0.39, 0.29) is 5.91 Å². The van der Waals surface area contributed by atoms with Crippen LogP contribution < -0.4 is 5.32 Å². The van der Waals surface area contributed by atoms with E-state index in [9.17, 15) is 4.79 Å². The Morgan fingerprint density at radius 3 is 2.77 bits per heavy atom. The van der Waals surface area contributed by atoms with Crippen LogP contribution in [-0.4, -0.2) is 25.1 Å². The summed E-state index contributed by atoms with van der Waals surface area (Å²) in [6.07, 6.45) is 3.83. The second-order valence-electron chi connectivity index (χ2n) is 5.95. The van der Waals surface area contributed by atoms with E-state index in [1.165, 1.54) is 0 Å². The van der Waals surface area contributed by atoms with Gasteiger partial charge in [0.15, 0.2) is 5.69 Å². The number of carbonyl (C=O) groups excluding carboxylic acids is 1. The maximum absolute atomic E-state index is 12.5. The van der Waals surface area contributed by atoms with Gasteiger partial charge in [-0.05, 0) is 53.2 Å². The van der Waals surface area contributed by atoms with Gasteiger partial charge >= 0.3 is 0 Å². The molecule has 1 aromatic carbocycles. The summed E-state index contributed by atoms with van der Waals surface area (Å²) < 4.78 is 4.65. The number of imidazole rings is 1. The van der Waals surface area contributed by atoms with E-state index in [1.807, 2.05) is 66.2 Å². The Kier molecular flexibility index (Phi) is 4.30. The van der Waals surface area contributed by atoms with Crippen molar-refractivity contribution >= 4 is 27.5 Å². The maximum Gasteiger partial charge on any atom is 0.272 e. The molecule has 0 unspecified atom stereocenters. The van der Waals surface area contributed by atoms with Crippen LogP contribution in [-0.2, 0) is 6.54 Å². The van der Waals surface area contributed by atoms with Gasteiger partial charge in [0.05, 0.1) is 17.9 Å². The van der Waals surface area contributed by atoms with E-state index in [0.717, 1.165) is 27.2 Å². The lowest BCUT2D eigenvalue weighted by atomic mass is 10.3. The van der Waals surface area contributed by atoms with E-state index in [4.69, 9.17) is 0 Å². The van der Waals surface area contributed by atoms with Crippen molar-refractivity contribution in [3.63, 3.8) is 0 Å². The van der Waals surface area contributed by atoms with E-state index in [0.29, 0.717) is 12.2 Å². The third kappa shape index (κ3) is 3.25. The van der Waals surface area contributed by atoms with Gasteiger partial charge in [0.1, 0.15) is 5.65 Å². The van der Waals surface area contributed by atoms with Gasteiger partial charge in [0.25, 0.3) is 5.91 Å². The summed E-state index contributed by atoms with van der Waals surface area (Å²) in [7, 11) is 0. The summed E-state index contributed by atoms with van der Waals surface area (Å²) in [6.45, 7) is 2.27. The molecule has 3 aromatic heterocycles. The normalized spacial score (nSPS) is 11.0. The third-order valence-corrected chi connectivity index (χ3v) is 4.48. The fraction of sp³-hybridized carbons (Fsp3) is 0.105. The number of amides is 1. The minimum Gasteiger partial charge on any atom is -0.345 e. The van der Waals surface area contributed by atoms with Crippen LogP contribution in [0, 0.1) is 6.92 Å². The summed E-state index contributed by atoms with van der Waals surface area (Å²) in [4.78, 5) is 16.9. The maximum atomic E-state index is 12.5. The Bertz CT molecular complexity index is 1080. The molecule has 3 heterocycles. The van der Waals surface area contributed by atoms with Crippen LogP contribution in [0.1, 0.15) is 21.9 Å². The molecular formula is C19H16BrN5O. The zero-order chi connectivity index (χ0) is 18.1. The Morgan fingerprint density at radius 2 is 1.96 bits per heavy atom. The fourth-order valence-corrected chi connectivity index (χ4v) is 3.13. The molecule has 4 rings (SSSR count). The molecule has 0 aliphatic heterocycles. The Morgan fingerprint density at radius 1 is 1.15 bits per heavy atom. The molecule has 0 saturated heterocycles. The number of pyridine rings is 1. The van der Waals surface area contributed by atoms with Crippen molar-refractivity contribution in [1.82, 2.24) is 24.5 Å². The fourth-order valence-electron chi connectivity index (χ4n) is 2.78. The van der Waals surface area contributed by atoms with Crippen LogP contribution in [0.5, 0.6) is 0 Å². The minimum absolute atomic E-state index is 0.221. The first-order chi connectivity index (χ1) is 12.6. The van der Waals surface area contributed by atoms with Gasteiger partial charge in [0, 0.05) is 22.6 Å². The highest BCUT2D eigenvalue weighted by Gasteiger charge is 2.13. The quantitative estimate of drug-likeness (QED) is 0.560. The molecular weight excluding hydrogens is 394 g/mol. The van der Waals surface area contributed by atoms with Crippen molar-refractivity contribution in [2.75, 3.05) is 0 Å². The van der Waals surface area contributed by atoms with Gasteiger partial charge < -0.3 is 9.72 Å². The third-order valence-electron chi connectivity index (χ3n) is 4.02. The number of nitrogens with zero attached hydrogens (tertiary/aromatic N) is 4. The van der Waals surface area contributed by atoms with Crippen molar-refractivity contribution in [3.8, 4) is 5.69 Å². The first-order valence-corrected chi connectivity index (χ1v) is 8.93. The average Bonchev–Trinajstić information content (AvgIpc) is 3.23. The molecule has 0 fully saturated rings. The highest BCUT2D eigenvalue weighted by molar-refractivity contribution is 9.10. The smallest absolute Gasteiger partial charge is 0.272 e. The predicted molar refractivity (Wildman–Crippen MR) is 102 cm³/mol. The molecule has 1 N–H and O–H groups in total. The molecule has 1 amide bonds. The number of aryl methyl sites for hydroxylation is 1. The predicted octanol–water partition coefficient (Wildman–Crippen LogP) is 3.52. The number of para-hydroxylation sites is 1. The Balaban J connectivity index is 1.49. The Hall–Kier alpha value is -2.93. The monoisotopic (exact) mass is 409 g/mol. The number of carbonyl (C=O) groups is 1. The number of nitrogens with one attached hydrogen (secondary N) is 1. The van der Waals surface area contributed by atoms with Crippen LogP contribution in [0.2, 0.25) is 0 Å². The standard InChI is InChI=1S/C19H16BrN5O/c1-13-9-17(23-25(13)16-5-3-2-4-6-16)19(26)21-10-15-12-24-11-14(20)7-8-18(24)22-15/h2-9,11-12H,10H2,1H3,(H,21,26). The zero-order valence-electron chi connectivity index (χ0n) is 14.1. The largest absolute Gasteiger partial charge is 0.345 e. The van der Waals surface area contributed by atoms with Crippen LogP contribution in [0.4, 0.5) is 0 Å². The highest BCUT2D eigenvalue weighted by Crippen LogP contribution is 2.13. The molecule has 6 nitrogen and oxygen atoms in total. The molecule has 0 radical (unpaired) electrons. The van der Waals surface area contributed by atoms with Gasteiger partial charge in [-0.2, -0.15) is 5.10 Å². The Labute approximate surface area is 158 Å². The number of fused-ring (bicyclic) bond motifs is 1. The van der Waals surface area contributed by atoms with Crippen LogP contribution in [0.25, 0.3) is 11.3 Å². The summed E-state index contributed by atoms with van der Waals surface area (Å²) in [5.74, 6) is -0.221. The lowest BCUT2D eigenvalue weighted by molar-refractivity contribution is 0.0945. The molecule has 4 aromatic rings. The van der Waals surface area contributed by atoms with E-state index in [1.54, 1.807) is 10.7 Å². The summed E-state index contributed by atoms with van der Waals surface area (Å²) in [5, 5.41) is 7.30. The number of aromatic nitrogens is 4. The van der Waals surface area contributed by atoms with Crippen molar-refractivity contribution in [1.29, 1.82) is 0 Å². The van der Waals surface area contributed by atoms with Crippen LogP contribution in [0.15, 0.2) is 65.4 Å². The first-order valence-electron chi connectivity index (χ1n) is 8.13. The van der Waals surface area contributed by atoms with E-state index < -0.39 is 0 Å². The molecule has 130 valence electrons.